The van der Waals surface area contributed by atoms with Crippen LogP contribution in [0.15, 0.2) is 200 Å². The maximum Gasteiger partial charge on any atom is 0.0798 e. The van der Waals surface area contributed by atoms with Gasteiger partial charge in [-0.1, -0.05) is 190 Å². The van der Waals surface area contributed by atoms with Crippen molar-refractivity contribution >= 4 is 55.8 Å². The van der Waals surface area contributed by atoms with E-state index in [1.165, 1.54) is 64.3 Å². The SMILES string of the molecule is CC(C)Cc1cc(-c2[c-]ccc(-c3ccccc3)c2)ncc1[Si](C)(C)C.[Ir].[c-]1ccc2c(sc3cc(-c4ccccc4)ccc32)c1-c1nc2ccccc2n1-c1ccccc1-c1ccccc1. The van der Waals surface area contributed by atoms with Gasteiger partial charge in [0.15, 0.2) is 0 Å². The van der Waals surface area contributed by atoms with Crippen LogP contribution in [0.5, 0.6) is 0 Å². The molecule has 3 heterocycles. The van der Waals surface area contributed by atoms with E-state index in [1.807, 2.05) is 29.5 Å². The van der Waals surface area contributed by atoms with Gasteiger partial charge in [0.05, 0.1) is 24.9 Å². The third kappa shape index (κ3) is 9.54. The predicted octanol–water partition coefficient (Wildman–Crippen LogP) is 16.2. The van der Waals surface area contributed by atoms with Crippen molar-refractivity contribution in [2.75, 3.05) is 0 Å². The van der Waals surface area contributed by atoms with Gasteiger partial charge in [-0.3, -0.25) is 4.98 Å². The summed E-state index contributed by atoms with van der Waals surface area (Å²) in [5.41, 5.74) is 15.0. The van der Waals surface area contributed by atoms with Gasteiger partial charge in [0.2, 0.25) is 0 Å². The van der Waals surface area contributed by atoms with Crippen molar-refractivity contribution < 1.29 is 20.1 Å². The second-order valence-corrected chi connectivity index (χ2v) is 24.4. The van der Waals surface area contributed by atoms with Crippen molar-refractivity contribution in [3.8, 4) is 61.7 Å². The summed E-state index contributed by atoms with van der Waals surface area (Å²) in [7, 11) is -1.40. The summed E-state index contributed by atoms with van der Waals surface area (Å²) < 4.78 is 4.78. The van der Waals surface area contributed by atoms with Crippen molar-refractivity contribution in [3.05, 3.63) is 218 Å². The average Bonchev–Trinajstić information content (AvgIpc) is 3.93. The molecule has 0 aliphatic rings. The Morgan fingerprint density at radius 2 is 1.22 bits per heavy atom. The Labute approximate surface area is 413 Å². The standard InChI is InChI=1S/C37H23N2S.C24H28NSi.Ir/c1-3-12-25(13-4-1)27-22-23-29-30-17-11-18-31(36(30)40-35(29)24-27)37-38-32-19-8-10-21-34(32)39(37)33-20-9-7-16-28(33)26-14-5-2-6-15-26;1-18(2)14-22-16-23(25-17-24(22)26(3,4)5)21-13-9-12-20(15-21)19-10-7-6-8-11-19;/h1-17,19-24H;6-12,15-18H,14H2,1-5H3;/q2*-1;. The van der Waals surface area contributed by atoms with E-state index in [4.69, 9.17) is 9.97 Å². The van der Waals surface area contributed by atoms with E-state index in [0.717, 1.165) is 45.8 Å². The number of rotatable bonds is 9. The largest absolute Gasteiger partial charge is 0.333 e. The fourth-order valence-corrected chi connectivity index (χ4v) is 11.9. The second-order valence-electron chi connectivity index (χ2n) is 18.3. The first-order chi connectivity index (χ1) is 32.2. The van der Waals surface area contributed by atoms with Crippen LogP contribution in [0, 0.1) is 18.1 Å². The van der Waals surface area contributed by atoms with Crippen LogP contribution in [0.1, 0.15) is 19.4 Å². The number of nitrogens with zero attached hydrogens (tertiary/aromatic N) is 3. The molecule has 0 amide bonds. The molecule has 0 aliphatic carbocycles. The number of imidazole rings is 1. The van der Waals surface area contributed by atoms with Crippen molar-refractivity contribution in [3.63, 3.8) is 0 Å². The predicted molar refractivity (Wildman–Crippen MR) is 285 cm³/mol. The maximum atomic E-state index is 5.22. The molecule has 3 nitrogen and oxygen atoms in total. The van der Waals surface area contributed by atoms with Gasteiger partial charge in [-0.15, -0.1) is 53.6 Å². The second kappa shape index (κ2) is 19.7. The summed E-state index contributed by atoms with van der Waals surface area (Å²) in [4.78, 5) is 10.0. The van der Waals surface area contributed by atoms with Gasteiger partial charge in [-0.25, -0.2) is 0 Å². The normalized spacial score (nSPS) is 11.4. The molecular formula is C61H51IrN3SSi-2. The molecule has 3 aromatic heterocycles. The van der Waals surface area contributed by atoms with Crippen LogP contribution < -0.4 is 5.19 Å². The van der Waals surface area contributed by atoms with Gasteiger partial charge in [0.25, 0.3) is 0 Å². The Kier molecular flexibility index (Phi) is 13.4. The van der Waals surface area contributed by atoms with E-state index in [-0.39, 0.29) is 20.1 Å². The smallest absolute Gasteiger partial charge is 0.0798 e. The number of benzene rings is 8. The van der Waals surface area contributed by atoms with Crippen molar-refractivity contribution in [1.29, 1.82) is 0 Å². The molecule has 11 rings (SSSR count). The number of hydrogen-bond donors (Lipinski definition) is 0. The fraction of sp³-hybridized carbons (Fsp3) is 0.115. The molecular weight excluding hydrogens is 1030 g/mol. The van der Waals surface area contributed by atoms with Crippen LogP contribution in [0.2, 0.25) is 19.6 Å². The summed E-state index contributed by atoms with van der Waals surface area (Å²) in [5.74, 6) is 1.55. The molecule has 0 N–H and O–H groups in total. The van der Waals surface area contributed by atoms with E-state index in [0.29, 0.717) is 5.92 Å². The minimum absolute atomic E-state index is 0. The van der Waals surface area contributed by atoms with Crippen LogP contribution in [0.25, 0.3) is 92.9 Å². The summed E-state index contributed by atoms with van der Waals surface area (Å²) in [6.45, 7) is 11.8. The Hall–Kier alpha value is -6.53. The molecule has 0 spiro atoms. The molecule has 67 heavy (non-hydrogen) atoms. The van der Waals surface area contributed by atoms with E-state index < -0.39 is 8.07 Å². The number of hydrogen-bond acceptors (Lipinski definition) is 3. The van der Waals surface area contributed by atoms with E-state index in [1.54, 1.807) is 0 Å². The average molecular weight is 1080 g/mol. The first-order valence-electron chi connectivity index (χ1n) is 22.8. The summed E-state index contributed by atoms with van der Waals surface area (Å²) in [5, 5.41) is 3.99. The summed E-state index contributed by atoms with van der Waals surface area (Å²) in [6, 6.07) is 75.3. The first kappa shape index (κ1) is 45.6. The maximum absolute atomic E-state index is 5.22. The third-order valence-corrected chi connectivity index (χ3v) is 15.4. The molecule has 331 valence electrons. The molecule has 8 aromatic carbocycles. The minimum Gasteiger partial charge on any atom is -0.333 e. The summed E-state index contributed by atoms with van der Waals surface area (Å²) >= 11 is 1.82. The van der Waals surface area contributed by atoms with Gasteiger partial charge < -0.3 is 9.55 Å². The quantitative estimate of drug-likeness (QED) is 0.107. The molecule has 1 radical (unpaired) electrons. The van der Waals surface area contributed by atoms with Gasteiger partial charge >= 0.3 is 0 Å². The molecule has 0 saturated heterocycles. The third-order valence-electron chi connectivity index (χ3n) is 12.2. The van der Waals surface area contributed by atoms with Crippen molar-refractivity contribution in [2.24, 2.45) is 5.92 Å². The monoisotopic (exact) mass is 1080 g/mol. The van der Waals surface area contributed by atoms with Crippen molar-refractivity contribution in [1.82, 2.24) is 14.5 Å². The minimum atomic E-state index is -1.40. The van der Waals surface area contributed by atoms with Crippen LogP contribution in [0.4, 0.5) is 0 Å². The van der Waals surface area contributed by atoms with Crippen LogP contribution in [-0.4, -0.2) is 22.6 Å². The molecule has 0 unspecified atom stereocenters. The van der Waals surface area contributed by atoms with Gasteiger partial charge in [0.1, 0.15) is 0 Å². The Balaban J connectivity index is 0.000000182. The van der Waals surface area contributed by atoms with Gasteiger partial charge in [0, 0.05) is 42.3 Å². The zero-order chi connectivity index (χ0) is 45.2. The topological polar surface area (TPSA) is 30.7 Å². The van der Waals surface area contributed by atoms with Crippen LogP contribution >= 0.6 is 11.3 Å². The molecule has 0 bridgehead atoms. The number of aromatic nitrogens is 3. The number of thiophene rings is 1. The van der Waals surface area contributed by atoms with Crippen LogP contribution in [-0.2, 0) is 26.5 Å². The van der Waals surface area contributed by atoms with Gasteiger partial charge in [-0.2, -0.15) is 11.3 Å². The number of fused-ring (bicyclic) bond motifs is 4. The summed E-state index contributed by atoms with van der Waals surface area (Å²) in [6.07, 6.45) is 3.23. The zero-order valence-corrected chi connectivity index (χ0v) is 42.6. The number of pyridine rings is 1. The van der Waals surface area contributed by atoms with Gasteiger partial charge in [-0.05, 0) is 79.8 Å². The zero-order valence-electron chi connectivity index (χ0n) is 38.4. The molecule has 0 saturated carbocycles. The van der Waals surface area contributed by atoms with E-state index >= 15 is 0 Å². The Morgan fingerprint density at radius 1 is 0.597 bits per heavy atom. The van der Waals surface area contributed by atoms with E-state index in [9.17, 15) is 0 Å². The molecule has 11 aromatic rings. The molecule has 0 atom stereocenters. The Morgan fingerprint density at radius 3 is 1.93 bits per heavy atom. The molecule has 6 heteroatoms. The van der Waals surface area contributed by atoms with E-state index in [2.05, 4.69) is 232 Å². The first-order valence-corrected chi connectivity index (χ1v) is 27.1. The van der Waals surface area contributed by atoms with Crippen LogP contribution in [0.3, 0.4) is 0 Å². The Bertz CT molecular complexity index is 3460. The molecule has 0 aliphatic heterocycles. The number of para-hydroxylation sites is 3. The molecule has 0 fully saturated rings. The van der Waals surface area contributed by atoms with Crippen molar-refractivity contribution in [2.45, 2.75) is 39.9 Å². The fourth-order valence-electron chi connectivity index (χ4n) is 9.04.